The molecular weight excluding hydrogens is 234 g/mol. The minimum absolute atomic E-state index is 0.0698. The summed E-state index contributed by atoms with van der Waals surface area (Å²) < 4.78 is 16.4. The first-order chi connectivity index (χ1) is 8.85. The van der Waals surface area contributed by atoms with Crippen molar-refractivity contribution in [3.8, 4) is 0 Å². The van der Waals surface area contributed by atoms with Crippen molar-refractivity contribution in [1.82, 2.24) is 10.1 Å². The molecule has 0 spiro atoms. The molecule has 3 heterocycles. The predicted octanol–water partition coefficient (Wildman–Crippen LogP) is 0.827. The molecule has 1 aromatic rings. The van der Waals surface area contributed by atoms with E-state index in [4.69, 9.17) is 19.7 Å². The Morgan fingerprint density at radius 1 is 1.28 bits per heavy atom. The van der Waals surface area contributed by atoms with Crippen LogP contribution in [-0.2, 0) is 15.9 Å². The molecular formula is C12H19N3O3. The van der Waals surface area contributed by atoms with E-state index in [1.807, 2.05) is 0 Å². The number of aromatic nitrogens is 2. The molecule has 3 atom stereocenters. The number of hydrogen-bond acceptors (Lipinski definition) is 6. The van der Waals surface area contributed by atoms with Crippen LogP contribution < -0.4 is 5.73 Å². The Labute approximate surface area is 106 Å². The summed E-state index contributed by atoms with van der Waals surface area (Å²) in [6, 6.07) is 0. The van der Waals surface area contributed by atoms with Gasteiger partial charge in [0.1, 0.15) is 6.10 Å². The number of hydrogen-bond donors (Lipinski definition) is 1. The lowest BCUT2D eigenvalue weighted by molar-refractivity contribution is 0.0307. The van der Waals surface area contributed by atoms with E-state index in [2.05, 4.69) is 10.1 Å². The van der Waals surface area contributed by atoms with E-state index in [-0.39, 0.29) is 12.2 Å². The van der Waals surface area contributed by atoms with Gasteiger partial charge in [0, 0.05) is 26.2 Å². The molecule has 2 saturated heterocycles. The van der Waals surface area contributed by atoms with Crippen molar-refractivity contribution in [1.29, 1.82) is 0 Å². The normalized spacial score (nSPS) is 32.2. The molecule has 6 nitrogen and oxygen atoms in total. The van der Waals surface area contributed by atoms with Gasteiger partial charge < -0.3 is 19.7 Å². The van der Waals surface area contributed by atoms with Gasteiger partial charge in [0.15, 0.2) is 5.82 Å². The zero-order valence-corrected chi connectivity index (χ0v) is 10.4. The molecule has 2 fully saturated rings. The molecule has 2 N–H and O–H groups in total. The van der Waals surface area contributed by atoms with Gasteiger partial charge in [-0.2, -0.15) is 4.98 Å². The van der Waals surface area contributed by atoms with Crippen LogP contribution in [0.2, 0.25) is 0 Å². The Morgan fingerprint density at radius 3 is 2.94 bits per heavy atom. The highest BCUT2D eigenvalue weighted by atomic mass is 16.5. The van der Waals surface area contributed by atoms with Gasteiger partial charge in [0.2, 0.25) is 0 Å². The van der Waals surface area contributed by atoms with E-state index in [9.17, 15) is 0 Å². The standard InChI is InChI=1S/C12H19N3O3/c13-6-9-1-2-10(17-9)12-14-11(15-18-12)5-8-3-4-16-7-8/h8-10H,1-7,13H2. The Morgan fingerprint density at radius 2 is 2.22 bits per heavy atom. The summed E-state index contributed by atoms with van der Waals surface area (Å²) in [6.07, 6.45) is 3.86. The highest BCUT2D eigenvalue weighted by Crippen LogP contribution is 2.31. The SMILES string of the molecule is NCC1CCC(c2nc(CC3CCOC3)no2)O1. The monoisotopic (exact) mass is 253 g/mol. The first-order valence-electron chi connectivity index (χ1n) is 6.61. The Hall–Kier alpha value is -0.980. The molecule has 0 aliphatic carbocycles. The first-order valence-corrected chi connectivity index (χ1v) is 6.61. The third-order valence-electron chi connectivity index (χ3n) is 3.62. The summed E-state index contributed by atoms with van der Waals surface area (Å²) in [4.78, 5) is 4.43. The third-order valence-corrected chi connectivity index (χ3v) is 3.62. The van der Waals surface area contributed by atoms with Crippen molar-refractivity contribution < 1.29 is 14.0 Å². The van der Waals surface area contributed by atoms with Gasteiger partial charge in [-0.1, -0.05) is 5.16 Å². The van der Waals surface area contributed by atoms with E-state index in [0.29, 0.717) is 18.4 Å². The van der Waals surface area contributed by atoms with Gasteiger partial charge in [-0.05, 0) is 25.2 Å². The molecule has 0 bridgehead atoms. The van der Waals surface area contributed by atoms with Crippen LogP contribution in [0.25, 0.3) is 0 Å². The van der Waals surface area contributed by atoms with E-state index in [1.165, 1.54) is 0 Å². The fourth-order valence-corrected chi connectivity index (χ4v) is 2.54. The van der Waals surface area contributed by atoms with Crippen LogP contribution in [0.5, 0.6) is 0 Å². The molecule has 2 aliphatic heterocycles. The average molecular weight is 253 g/mol. The molecule has 3 rings (SSSR count). The molecule has 0 saturated carbocycles. The molecule has 0 radical (unpaired) electrons. The quantitative estimate of drug-likeness (QED) is 0.855. The van der Waals surface area contributed by atoms with Gasteiger partial charge in [-0.3, -0.25) is 0 Å². The lowest BCUT2D eigenvalue weighted by Gasteiger charge is -2.07. The van der Waals surface area contributed by atoms with Crippen LogP contribution in [0, 0.1) is 5.92 Å². The summed E-state index contributed by atoms with van der Waals surface area (Å²) in [7, 11) is 0. The Bertz CT molecular complexity index is 390. The van der Waals surface area contributed by atoms with Crippen LogP contribution in [0.4, 0.5) is 0 Å². The van der Waals surface area contributed by atoms with E-state index in [1.54, 1.807) is 0 Å². The molecule has 0 aromatic carbocycles. The zero-order chi connectivity index (χ0) is 12.4. The minimum atomic E-state index is -0.0698. The molecule has 2 aliphatic rings. The predicted molar refractivity (Wildman–Crippen MR) is 62.8 cm³/mol. The maximum absolute atomic E-state index is 5.73. The van der Waals surface area contributed by atoms with Crippen molar-refractivity contribution in [3.05, 3.63) is 11.7 Å². The second-order valence-electron chi connectivity index (χ2n) is 5.04. The lowest BCUT2D eigenvalue weighted by Crippen LogP contribution is -2.18. The fourth-order valence-electron chi connectivity index (χ4n) is 2.54. The molecule has 18 heavy (non-hydrogen) atoms. The van der Waals surface area contributed by atoms with Gasteiger partial charge >= 0.3 is 0 Å². The molecule has 1 aromatic heterocycles. The second kappa shape index (κ2) is 5.34. The van der Waals surface area contributed by atoms with E-state index in [0.717, 1.165) is 44.7 Å². The number of nitrogens with two attached hydrogens (primary N) is 1. The zero-order valence-electron chi connectivity index (χ0n) is 10.4. The lowest BCUT2D eigenvalue weighted by atomic mass is 10.1. The van der Waals surface area contributed by atoms with Crippen molar-refractivity contribution in [3.63, 3.8) is 0 Å². The first kappa shape index (κ1) is 12.1. The second-order valence-corrected chi connectivity index (χ2v) is 5.04. The summed E-state index contributed by atoms with van der Waals surface area (Å²) in [5.74, 6) is 1.89. The minimum Gasteiger partial charge on any atom is -0.381 e. The topological polar surface area (TPSA) is 83.4 Å². The Balaban J connectivity index is 1.59. The highest BCUT2D eigenvalue weighted by molar-refractivity contribution is 4.95. The van der Waals surface area contributed by atoms with E-state index >= 15 is 0 Å². The molecule has 3 unspecified atom stereocenters. The highest BCUT2D eigenvalue weighted by Gasteiger charge is 2.30. The van der Waals surface area contributed by atoms with E-state index < -0.39 is 0 Å². The van der Waals surface area contributed by atoms with Crippen LogP contribution in [0.3, 0.4) is 0 Å². The maximum Gasteiger partial charge on any atom is 0.255 e. The summed E-state index contributed by atoms with van der Waals surface area (Å²) in [5, 5.41) is 4.02. The number of ether oxygens (including phenoxy) is 2. The van der Waals surface area contributed by atoms with Gasteiger partial charge in [0.05, 0.1) is 6.10 Å². The molecule has 6 heteroatoms. The van der Waals surface area contributed by atoms with Gasteiger partial charge in [0.25, 0.3) is 5.89 Å². The number of nitrogens with zero attached hydrogens (tertiary/aromatic N) is 2. The fraction of sp³-hybridized carbons (Fsp3) is 0.833. The van der Waals surface area contributed by atoms with Crippen molar-refractivity contribution in [2.24, 2.45) is 11.7 Å². The Kier molecular flexibility index (Phi) is 3.58. The van der Waals surface area contributed by atoms with Crippen molar-refractivity contribution >= 4 is 0 Å². The van der Waals surface area contributed by atoms with Crippen LogP contribution >= 0.6 is 0 Å². The van der Waals surface area contributed by atoms with Crippen molar-refractivity contribution in [2.45, 2.75) is 37.9 Å². The molecule has 0 amide bonds. The van der Waals surface area contributed by atoms with Crippen LogP contribution in [0.1, 0.15) is 37.1 Å². The summed E-state index contributed by atoms with van der Waals surface area (Å²) in [6.45, 7) is 2.20. The third kappa shape index (κ3) is 2.55. The smallest absolute Gasteiger partial charge is 0.255 e. The van der Waals surface area contributed by atoms with Crippen LogP contribution in [-0.4, -0.2) is 36.0 Å². The molecule has 100 valence electrons. The van der Waals surface area contributed by atoms with Gasteiger partial charge in [-0.25, -0.2) is 0 Å². The summed E-state index contributed by atoms with van der Waals surface area (Å²) >= 11 is 0. The average Bonchev–Trinajstić information content (AvgIpc) is 3.09. The van der Waals surface area contributed by atoms with Crippen LogP contribution in [0.15, 0.2) is 4.52 Å². The van der Waals surface area contributed by atoms with Crippen molar-refractivity contribution in [2.75, 3.05) is 19.8 Å². The van der Waals surface area contributed by atoms with Gasteiger partial charge in [-0.15, -0.1) is 0 Å². The number of rotatable bonds is 4. The largest absolute Gasteiger partial charge is 0.381 e. The summed E-state index contributed by atoms with van der Waals surface area (Å²) in [5.41, 5.74) is 5.58. The maximum atomic E-state index is 5.73.